The van der Waals surface area contributed by atoms with Crippen LogP contribution in [-0.4, -0.2) is 33.4 Å². The summed E-state index contributed by atoms with van der Waals surface area (Å²) in [5.74, 6) is -0.527. The molecule has 0 atom stereocenters. The maximum Gasteiger partial charge on any atom is 0.237 e. The van der Waals surface area contributed by atoms with Gasteiger partial charge in [0.25, 0.3) is 0 Å². The van der Waals surface area contributed by atoms with Crippen LogP contribution in [-0.2, 0) is 16.9 Å². The molecule has 7 heteroatoms. The minimum Gasteiger partial charge on any atom is -0.327 e. The highest BCUT2D eigenvalue weighted by Gasteiger charge is 2.41. The number of carbonyl (C=O) groups excluding carboxylic acids is 1. The fourth-order valence-corrected chi connectivity index (χ4v) is 3.89. The van der Waals surface area contributed by atoms with Gasteiger partial charge in [-0.3, -0.25) is 4.79 Å². The summed E-state index contributed by atoms with van der Waals surface area (Å²) in [5.41, 5.74) is 6.78. The van der Waals surface area contributed by atoms with Crippen molar-refractivity contribution >= 4 is 5.91 Å². The van der Waals surface area contributed by atoms with E-state index in [1.54, 1.807) is 4.90 Å². The number of nitrogens with zero attached hydrogens (tertiary/aromatic N) is 3. The molecular formula is C20H26F2N4O. The number of nitrogens with two attached hydrogens (primary N) is 1. The van der Waals surface area contributed by atoms with Crippen molar-refractivity contribution in [3.05, 3.63) is 40.8 Å². The minimum absolute atomic E-state index is 0.00568. The monoisotopic (exact) mass is 376 g/mol. The lowest BCUT2D eigenvalue weighted by molar-refractivity contribution is -0.137. The Kier molecular flexibility index (Phi) is 4.84. The van der Waals surface area contributed by atoms with E-state index in [-0.39, 0.29) is 23.9 Å². The molecule has 0 spiro atoms. The van der Waals surface area contributed by atoms with Gasteiger partial charge in [-0.1, -0.05) is 13.8 Å². The Morgan fingerprint density at radius 2 is 1.85 bits per heavy atom. The third-order valence-corrected chi connectivity index (χ3v) is 5.35. The van der Waals surface area contributed by atoms with Gasteiger partial charge in [0.1, 0.15) is 17.5 Å². The fraction of sp³-hybridized carbons (Fsp3) is 0.500. The Hall–Kier alpha value is -2.28. The molecule has 1 aromatic heterocycles. The highest BCUT2D eigenvalue weighted by molar-refractivity contribution is 5.79. The van der Waals surface area contributed by atoms with Crippen molar-refractivity contribution in [2.75, 3.05) is 13.1 Å². The van der Waals surface area contributed by atoms with Gasteiger partial charge in [-0.25, -0.2) is 13.8 Å². The number of imidazole rings is 1. The zero-order valence-electron chi connectivity index (χ0n) is 16.4. The van der Waals surface area contributed by atoms with E-state index in [4.69, 9.17) is 10.7 Å². The number of rotatable bonds is 3. The van der Waals surface area contributed by atoms with Crippen molar-refractivity contribution in [2.24, 2.45) is 5.73 Å². The molecule has 0 unspecified atom stereocenters. The maximum atomic E-state index is 14.2. The van der Waals surface area contributed by atoms with Crippen LogP contribution in [0.5, 0.6) is 0 Å². The largest absolute Gasteiger partial charge is 0.327 e. The van der Waals surface area contributed by atoms with E-state index in [9.17, 15) is 13.6 Å². The molecule has 1 amide bonds. The number of hydrogen-bond acceptors (Lipinski definition) is 3. The zero-order valence-corrected chi connectivity index (χ0v) is 16.4. The molecule has 0 aliphatic carbocycles. The number of halogens is 2. The molecule has 0 saturated carbocycles. The van der Waals surface area contributed by atoms with Crippen LogP contribution >= 0.6 is 0 Å². The van der Waals surface area contributed by atoms with Crippen LogP contribution < -0.4 is 5.73 Å². The SMILES string of the molecule is Cc1c(F)cc(-c2nc3n(c2C(C)C)CCN(C(=O)CN)C3(C)C)cc1F. The minimum atomic E-state index is -0.668. The van der Waals surface area contributed by atoms with E-state index in [1.807, 2.05) is 27.7 Å². The number of hydrogen-bond donors (Lipinski definition) is 1. The lowest BCUT2D eigenvalue weighted by Crippen LogP contribution is -2.53. The number of benzene rings is 1. The van der Waals surface area contributed by atoms with E-state index in [0.717, 1.165) is 5.69 Å². The first-order valence-electron chi connectivity index (χ1n) is 9.17. The normalized spacial score (nSPS) is 16.0. The van der Waals surface area contributed by atoms with E-state index < -0.39 is 17.2 Å². The zero-order chi connectivity index (χ0) is 20.1. The molecule has 1 aliphatic rings. The Balaban J connectivity index is 2.22. The maximum absolute atomic E-state index is 14.2. The van der Waals surface area contributed by atoms with Gasteiger partial charge in [-0.05, 0) is 38.8 Å². The van der Waals surface area contributed by atoms with E-state index in [1.165, 1.54) is 19.1 Å². The van der Waals surface area contributed by atoms with Crippen LogP contribution in [0.3, 0.4) is 0 Å². The van der Waals surface area contributed by atoms with Gasteiger partial charge in [0, 0.05) is 29.9 Å². The van der Waals surface area contributed by atoms with Crippen molar-refractivity contribution in [1.82, 2.24) is 14.5 Å². The molecule has 2 heterocycles. The second kappa shape index (κ2) is 6.71. The van der Waals surface area contributed by atoms with Gasteiger partial charge in [0.2, 0.25) is 5.91 Å². The molecule has 0 bridgehead atoms. The van der Waals surface area contributed by atoms with Crippen LogP contribution in [0.4, 0.5) is 8.78 Å². The van der Waals surface area contributed by atoms with Crippen molar-refractivity contribution in [3.63, 3.8) is 0 Å². The topological polar surface area (TPSA) is 64.2 Å². The third-order valence-electron chi connectivity index (χ3n) is 5.35. The molecular weight excluding hydrogens is 350 g/mol. The van der Waals surface area contributed by atoms with Crippen molar-refractivity contribution in [3.8, 4) is 11.3 Å². The average Bonchev–Trinajstić information content (AvgIpc) is 2.99. The van der Waals surface area contributed by atoms with Gasteiger partial charge in [0.05, 0.1) is 17.8 Å². The Morgan fingerprint density at radius 1 is 1.26 bits per heavy atom. The fourth-order valence-electron chi connectivity index (χ4n) is 3.89. The molecule has 3 rings (SSSR count). The van der Waals surface area contributed by atoms with Crippen molar-refractivity contribution in [1.29, 1.82) is 0 Å². The summed E-state index contributed by atoms with van der Waals surface area (Å²) >= 11 is 0. The average molecular weight is 376 g/mol. The van der Waals surface area contributed by atoms with E-state index >= 15 is 0 Å². The Bertz CT molecular complexity index is 879. The summed E-state index contributed by atoms with van der Waals surface area (Å²) in [6.07, 6.45) is 0. The molecule has 5 nitrogen and oxygen atoms in total. The summed E-state index contributed by atoms with van der Waals surface area (Å²) in [6.45, 7) is 10.3. The summed E-state index contributed by atoms with van der Waals surface area (Å²) in [7, 11) is 0. The van der Waals surface area contributed by atoms with Gasteiger partial charge in [-0.15, -0.1) is 0 Å². The lowest BCUT2D eigenvalue weighted by Gasteiger charge is -2.42. The molecule has 2 aromatic rings. The van der Waals surface area contributed by atoms with E-state index in [0.29, 0.717) is 30.2 Å². The van der Waals surface area contributed by atoms with Gasteiger partial charge in [-0.2, -0.15) is 0 Å². The number of carbonyl (C=O) groups is 1. The molecule has 0 radical (unpaired) electrons. The predicted octanol–water partition coefficient (Wildman–Crippen LogP) is 3.30. The quantitative estimate of drug-likeness (QED) is 0.894. The van der Waals surface area contributed by atoms with Gasteiger partial charge < -0.3 is 15.2 Å². The first-order valence-corrected chi connectivity index (χ1v) is 9.17. The number of fused-ring (bicyclic) bond motifs is 1. The second-order valence-corrected chi connectivity index (χ2v) is 7.85. The number of aromatic nitrogens is 2. The summed E-state index contributed by atoms with van der Waals surface area (Å²) in [4.78, 5) is 18.8. The van der Waals surface area contributed by atoms with Crippen LogP contribution in [0.1, 0.15) is 50.7 Å². The summed E-state index contributed by atoms with van der Waals surface area (Å²) in [6, 6.07) is 2.66. The van der Waals surface area contributed by atoms with Crippen LogP contribution in [0.15, 0.2) is 12.1 Å². The Morgan fingerprint density at radius 3 is 2.37 bits per heavy atom. The summed E-state index contributed by atoms with van der Waals surface area (Å²) < 4.78 is 30.4. The van der Waals surface area contributed by atoms with Crippen LogP contribution in [0.25, 0.3) is 11.3 Å². The van der Waals surface area contributed by atoms with Crippen LogP contribution in [0, 0.1) is 18.6 Å². The van der Waals surface area contributed by atoms with Crippen LogP contribution in [0.2, 0.25) is 0 Å². The van der Waals surface area contributed by atoms with E-state index in [2.05, 4.69) is 4.57 Å². The standard InChI is InChI=1S/C20H26F2N4O/c1-11(2)18-17(13-8-14(21)12(3)15(22)9-13)24-19-20(4,5)26(16(27)10-23)7-6-25(18)19/h8-9,11H,6-7,10,23H2,1-5H3. The Labute approximate surface area is 158 Å². The highest BCUT2D eigenvalue weighted by Crippen LogP contribution is 2.39. The first-order chi connectivity index (χ1) is 12.6. The van der Waals surface area contributed by atoms with Crippen molar-refractivity contribution in [2.45, 2.75) is 52.6 Å². The van der Waals surface area contributed by atoms with Gasteiger partial charge in [0.15, 0.2) is 0 Å². The lowest BCUT2D eigenvalue weighted by atomic mass is 9.98. The third kappa shape index (κ3) is 3.04. The predicted molar refractivity (Wildman–Crippen MR) is 100 cm³/mol. The smallest absolute Gasteiger partial charge is 0.237 e. The van der Waals surface area contributed by atoms with Gasteiger partial charge >= 0.3 is 0 Å². The second-order valence-electron chi connectivity index (χ2n) is 7.85. The van der Waals surface area contributed by atoms with Crippen molar-refractivity contribution < 1.29 is 13.6 Å². The first kappa shape index (κ1) is 19.5. The molecule has 1 aromatic carbocycles. The molecule has 146 valence electrons. The number of amides is 1. The molecule has 1 aliphatic heterocycles. The molecule has 2 N–H and O–H groups in total. The molecule has 0 fully saturated rings. The molecule has 0 saturated heterocycles. The molecule has 27 heavy (non-hydrogen) atoms. The highest BCUT2D eigenvalue weighted by atomic mass is 19.1. The summed E-state index contributed by atoms with van der Waals surface area (Å²) in [5, 5.41) is 0.